The van der Waals surface area contributed by atoms with Gasteiger partial charge in [0.25, 0.3) is 0 Å². The minimum Gasteiger partial charge on any atom is -0.489 e. The van der Waals surface area contributed by atoms with E-state index in [2.05, 4.69) is 20.2 Å². The van der Waals surface area contributed by atoms with Crippen LogP contribution in [0.4, 0.5) is 13.9 Å². The van der Waals surface area contributed by atoms with E-state index in [4.69, 9.17) is 4.74 Å². The van der Waals surface area contributed by atoms with E-state index < -0.39 is 11.6 Å². The number of hydrogen-bond donors (Lipinski definition) is 1. The Morgan fingerprint density at radius 3 is 3.12 bits per heavy atom. The third-order valence-electron chi connectivity index (χ3n) is 4.39. The lowest BCUT2D eigenvalue weighted by molar-refractivity contribution is 0.264. The van der Waals surface area contributed by atoms with Crippen molar-refractivity contribution in [1.29, 1.82) is 0 Å². The normalized spacial score (nSPS) is 17.7. The summed E-state index contributed by atoms with van der Waals surface area (Å²) in [7, 11) is 0. The van der Waals surface area contributed by atoms with Crippen LogP contribution < -0.4 is 15.0 Å². The molecule has 0 spiro atoms. The number of anilines is 1. The number of rotatable bonds is 4. The third kappa shape index (κ3) is 3.34. The quantitative estimate of drug-likeness (QED) is 0.758. The number of ether oxygens (including phenoxy) is 1. The van der Waals surface area contributed by atoms with E-state index in [0.717, 1.165) is 37.1 Å². The van der Waals surface area contributed by atoms with Gasteiger partial charge in [0, 0.05) is 31.9 Å². The molecule has 0 aliphatic carbocycles. The minimum atomic E-state index is -0.628. The summed E-state index contributed by atoms with van der Waals surface area (Å²) in [5, 5.41) is 4.03. The molecule has 0 radical (unpaired) electrons. The van der Waals surface area contributed by atoms with Crippen molar-refractivity contribution in [1.82, 2.24) is 15.3 Å². The molecule has 8 heteroatoms. The molecule has 1 fully saturated rings. The van der Waals surface area contributed by atoms with Gasteiger partial charge in [0.2, 0.25) is 0 Å². The van der Waals surface area contributed by atoms with Crippen LogP contribution >= 0.6 is 11.3 Å². The van der Waals surface area contributed by atoms with E-state index in [-0.39, 0.29) is 11.6 Å². The van der Waals surface area contributed by atoms with Crippen LogP contribution in [0.1, 0.15) is 5.69 Å². The van der Waals surface area contributed by atoms with Gasteiger partial charge >= 0.3 is 0 Å². The number of piperazine rings is 1. The molecular weight excluding hydrogens is 358 g/mol. The highest BCUT2D eigenvalue weighted by Crippen LogP contribution is 2.32. The third-order valence-corrected chi connectivity index (χ3v) is 5.43. The predicted molar refractivity (Wildman–Crippen MR) is 98.0 cm³/mol. The van der Waals surface area contributed by atoms with Gasteiger partial charge in [-0.3, -0.25) is 4.98 Å². The lowest BCUT2D eigenvalue weighted by atomic mass is 10.2. The van der Waals surface area contributed by atoms with Crippen LogP contribution in [0, 0.1) is 18.6 Å². The second-order valence-corrected chi connectivity index (χ2v) is 7.19. The van der Waals surface area contributed by atoms with Gasteiger partial charge in [-0.05, 0) is 25.1 Å². The number of halogens is 2. The summed E-state index contributed by atoms with van der Waals surface area (Å²) in [6.45, 7) is 4.61. The smallest absolute Gasteiger partial charge is 0.187 e. The Kier molecular flexibility index (Phi) is 4.69. The summed E-state index contributed by atoms with van der Waals surface area (Å²) in [5.41, 5.74) is 1.05. The number of aryl methyl sites for hydroxylation is 1. The van der Waals surface area contributed by atoms with Gasteiger partial charge in [-0.1, -0.05) is 11.3 Å². The number of pyridine rings is 1. The highest BCUT2D eigenvalue weighted by Gasteiger charge is 2.26. The van der Waals surface area contributed by atoms with Crippen LogP contribution in [0.3, 0.4) is 0 Å². The molecule has 1 atom stereocenters. The van der Waals surface area contributed by atoms with Crippen molar-refractivity contribution in [3.63, 3.8) is 0 Å². The van der Waals surface area contributed by atoms with Crippen molar-refractivity contribution in [3.05, 3.63) is 47.8 Å². The van der Waals surface area contributed by atoms with Crippen molar-refractivity contribution in [2.75, 3.05) is 31.1 Å². The molecule has 26 heavy (non-hydrogen) atoms. The summed E-state index contributed by atoms with van der Waals surface area (Å²) in [6.07, 6.45) is 1.73. The molecule has 1 N–H and O–H groups in total. The second-order valence-electron chi connectivity index (χ2n) is 6.18. The van der Waals surface area contributed by atoms with Gasteiger partial charge in [0.15, 0.2) is 10.9 Å². The Morgan fingerprint density at radius 1 is 1.38 bits per heavy atom. The molecule has 3 heterocycles. The summed E-state index contributed by atoms with van der Waals surface area (Å²) in [6, 6.07) is 5.96. The zero-order valence-electron chi connectivity index (χ0n) is 14.2. The number of nitrogens with zero attached hydrogens (tertiary/aromatic N) is 3. The Balaban J connectivity index is 1.57. The van der Waals surface area contributed by atoms with E-state index in [9.17, 15) is 8.78 Å². The van der Waals surface area contributed by atoms with Crippen molar-refractivity contribution < 1.29 is 13.5 Å². The molecule has 136 valence electrons. The number of aromatic nitrogens is 2. The average Bonchev–Trinajstić information content (AvgIpc) is 3.05. The number of thiazole rings is 1. The minimum absolute atomic E-state index is 0.0387. The number of fused-ring (bicyclic) bond motifs is 1. The van der Waals surface area contributed by atoms with E-state index in [1.165, 1.54) is 17.4 Å². The molecule has 1 aliphatic rings. The first-order valence-corrected chi connectivity index (χ1v) is 9.21. The van der Waals surface area contributed by atoms with Gasteiger partial charge in [0.05, 0.1) is 16.4 Å². The van der Waals surface area contributed by atoms with E-state index in [1.807, 2.05) is 19.1 Å². The fourth-order valence-electron chi connectivity index (χ4n) is 3.04. The lowest BCUT2D eigenvalue weighted by Gasteiger charge is -2.35. The zero-order chi connectivity index (χ0) is 18.1. The van der Waals surface area contributed by atoms with Crippen molar-refractivity contribution in [2.24, 2.45) is 0 Å². The summed E-state index contributed by atoms with van der Waals surface area (Å²) < 4.78 is 33.9. The maximum Gasteiger partial charge on any atom is 0.187 e. The van der Waals surface area contributed by atoms with Gasteiger partial charge < -0.3 is 15.0 Å². The van der Waals surface area contributed by atoms with E-state index >= 15 is 0 Å². The Labute approximate surface area is 153 Å². The Hall–Kier alpha value is -2.32. The number of nitrogens with one attached hydrogen (secondary N) is 1. The molecule has 1 unspecified atom stereocenters. The largest absolute Gasteiger partial charge is 0.489 e. The molecule has 1 aliphatic heterocycles. The molecule has 2 aromatic heterocycles. The van der Waals surface area contributed by atoms with E-state index in [1.54, 1.807) is 6.20 Å². The second kappa shape index (κ2) is 7.13. The summed E-state index contributed by atoms with van der Waals surface area (Å²) in [4.78, 5) is 10.7. The summed E-state index contributed by atoms with van der Waals surface area (Å²) in [5.74, 6) is -0.468. The van der Waals surface area contributed by atoms with E-state index in [0.29, 0.717) is 16.4 Å². The van der Waals surface area contributed by atoms with Gasteiger partial charge in [0.1, 0.15) is 23.7 Å². The molecule has 4 rings (SSSR count). The zero-order valence-corrected chi connectivity index (χ0v) is 15.0. The van der Waals surface area contributed by atoms with Crippen LogP contribution in [-0.4, -0.2) is 42.3 Å². The fraction of sp³-hybridized carbons (Fsp3) is 0.333. The highest BCUT2D eigenvalue weighted by molar-refractivity contribution is 7.22. The van der Waals surface area contributed by atoms with Gasteiger partial charge in [-0.25, -0.2) is 13.8 Å². The average molecular weight is 376 g/mol. The molecular formula is C18H18F2N4OS. The molecule has 0 amide bonds. The molecule has 3 aromatic rings. The van der Waals surface area contributed by atoms with Crippen LogP contribution in [0.25, 0.3) is 10.2 Å². The monoisotopic (exact) mass is 376 g/mol. The fourth-order valence-corrected chi connectivity index (χ4v) is 4.14. The van der Waals surface area contributed by atoms with Crippen LogP contribution in [0.2, 0.25) is 0 Å². The first-order chi connectivity index (χ1) is 12.6. The van der Waals surface area contributed by atoms with Crippen molar-refractivity contribution >= 4 is 26.7 Å². The number of benzene rings is 1. The molecule has 1 saturated heterocycles. The van der Waals surface area contributed by atoms with Crippen molar-refractivity contribution in [3.8, 4) is 5.75 Å². The summed E-state index contributed by atoms with van der Waals surface area (Å²) >= 11 is 1.30. The SMILES string of the molecule is Cc1ncccc1OCC1CNCCN1c1nc2c(F)cc(F)cc2s1. The first-order valence-electron chi connectivity index (χ1n) is 8.39. The molecule has 0 bridgehead atoms. The molecule has 5 nitrogen and oxygen atoms in total. The van der Waals surface area contributed by atoms with Crippen LogP contribution in [0.5, 0.6) is 5.75 Å². The van der Waals surface area contributed by atoms with Crippen LogP contribution in [-0.2, 0) is 0 Å². The molecule has 0 saturated carbocycles. The first kappa shape index (κ1) is 17.1. The van der Waals surface area contributed by atoms with Gasteiger partial charge in [-0.2, -0.15) is 0 Å². The lowest BCUT2D eigenvalue weighted by Crippen LogP contribution is -2.54. The maximum absolute atomic E-state index is 14.0. The predicted octanol–water partition coefficient (Wildman–Crippen LogP) is 3.14. The molecule has 1 aromatic carbocycles. The van der Waals surface area contributed by atoms with Crippen molar-refractivity contribution in [2.45, 2.75) is 13.0 Å². The highest BCUT2D eigenvalue weighted by atomic mass is 32.1. The van der Waals surface area contributed by atoms with Gasteiger partial charge in [-0.15, -0.1) is 0 Å². The Bertz CT molecular complexity index is 933. The Morgan fingerprint density at radius 2 is 2.27 bits per heavy atom. The topological polar surface area (TPSA) is 50.3 Å². The maximum atomic E-state index is 14.0. The number of hydrogen-bond acceptors (Lipinski definition) is 6. The standard InChI is InChI=1S/C18H18F2N4OS/c1-11-15(3-2-4-22-11)25-10-13-9-21-5-6-24(13)18-23-17-14(20)7-12(19)8-16(17)26-18/h2-4,7-8,13,21H,5-6,9-10H2,1H3. The van der Waals surface area contributed by atoms with Crippen LogP contribution in [0.15, 0.2) is 30.5 Å².